The number of amides is 1. The molecule has 2 rings (SSSR count). The zero-order chi connectivity index (χ0) is 17.0. The van der Waals surface area contributed by atoms with Crippen LogP contribution in [0, 0.1) is 19.7 Å². The van der Waals surface area contributed by atoms with Crippen LogP contribution in [0.5, 0.6) is 0 Å². The van der Waals surface area contributed by atoms with Crippen molar-refractivity contribution < 1.29 is 17.6 Å². The summed E-state index contributed by atoms with van der Waals surface area (Å²) in [6, 6.07) is 10.3. The number of aryl methyl sites for hydroxylation is 2. The fourth-order valence-corrected chi connectivity index (χ4v) is 3.28. The molecule has 0 spiro atoms. The van der Waals surface area contributed by atoms with Gasteiger partial charge in [-0.25, -0.2) is 17.5 Å². The van der Waals surface area contributed by atoms with Crippen molar-refractivity contribution in [3.05, 3.63) is 59.4 Å². The van der Waals surface area contributed by atoms with Gasteiger partial charge >= 0.3 is 0 Å². The van der Waals surface area contributed by atoms with Crippen LogP contribution in [0.25, 0.3) is 0 Å². The van der Waals surface area contributed by atoms with Gasteiger partial charge in [0.1, 0.15) is 5.82 Å². The zero-order valence-corrected chi connectivity index (χ0v) is 13.6. The topological polar surface area (TPSA) is 75.3 Å². The van der Waals surface area contributed by atoms with Gasteiger partial charge in [0.05, 0.1) is 11.4 Å². The first-order valence-electron chi connectivity index (χ1n) is 6.90. The molecule has 2 aromatic carbocycles. The van der Waals surface area contributed by atoms with E-state index in [0.29, 0.717) is 11.3 Å². The Labute approximate surface area is 134 Å². The molecule has 122 valence electrons. The molecule has 0 radical (unpaired) electrons. The van der Waals surface area contributed by atoms with E-state index in [2.05, 4.69) is 10.0 Å². The lowest BCUT2D eigenvalue weighted by atomic mass is 10.2. The smallest absolute Gasteiger partial charge is 0.241 e. The van der Waals surface area contributed by atoms with Crippen LogP contribution >= 0.6 is 0 Å². The van der Waals surface area contributed by atoms with Gasteiger partial charge in [0.2, 0.25) is 15.9 Å². The Kier molecular flexibility index (Phi) is 5.12. The van der Waals surface area contributed by atoms with Crippen LogP contribution in [0.4, 0.5) is 10.1 Å². The van der Waals surface area contributed by atoms with Gasteiger partial charge in [-0.2, -0.15) is 0 Å². The Morgan fingerprint density at radius 2 is 1.74 bits per heavy atom. The van der Waals surface area contributed by atoms with Gasteiger partial charge in [-0.3, -0.25) is 4.79 Å². The molecule has 2 aromatic rings. The monoisotopic (exact) mass is 336 g/mol. The first-order chi connectivity index (χ1) is 10.8. The van der Waals surface area contributed by atoms with Gasteiger partial charge < -0.3 is 5.32 Å². The van der Waals surface area contributed by atoms with Gasteiger partial charge in [-0.05, 0) is 55.3 Å². The van der Waals surface area contributed by atoms with Gasteiger partial charge in [0, 0.05) is 5.69 Å². The third-order valence-electron chi connectivity index (χ3n) is 3.18. The number of benzene rings is 2. The highest BCUT2D eigenvalue weighted by Crippen LogP contribution is 2.16. The maximum absolute atomic E-state index is 12.8. The molecule has 0 bridgehead atoms. The lowest BCUT2D eigenvalue weighted by Gasteiger charge is -2.10. The minimum atomic E-state index is -3.78. The van der Waals surface area contributed by atoms with Crippen LogP contribution in [0.1, 0.15) is 11.1 Å². The first kappa shape index (κ1) is 17.1. The second-order valence-electron chi connectivity index (χ2n) is 5.15. The molecular weight excluding hydrogens is 319 g/mol. The Hall–Kier alpha value is -2.25. The average Bonchev–Trinajstić information content (AvgIpc) is 2.50. The predicted molar refractivity (Wildman–Crippen MR) is 86.1 cm³/mol. The van der Waals surface area contributed by atoms with E-state index in [9.17, 15) is 17.6 Å². The number of hydrogen-bond acceptors (Lipinski definition) is 3. The number of hydrogen-bond donors (Lipinski definition) is 2. The van der Waals surface area contributed by atoms with Crippen molar-refractivity contribution in [2.45, 2.75) is 18.7 Å². The molecule has 0 saturated heterocycles. The SMILES string of the molecule is Cc1ccc(C)c(S(=O)(=O)NCC(=O)Nc2ccc(F)cc2)c1. The van der Waals surface area contributed by atoms with Gasteiger partial charge in [0.15, 0.2) is 0 Å². The molecule has 1 amide bonds. The number of rotatable bonds is 5. The maximum Gasteiger partial charge on any atom is 0.241 e. The highest BCUT2D eigenvalue weighted by molar-refractivity contribution is 7.89. The fourth-order valence-electron chi connectivity index (χ4n) is 1.97. The summed E-state index contributed by atoms with van der Waals surface area (Å²) in [7, 11) is -3.78. The molecule has 0 aliphatic carbocycles. The Bertz CT molecular complexity index is 818. The molecule has 0 aliphatic heterocycles. The van der Waals surface area contributed by atoms with E-state index in [4.69, 9.17) is 0 Å². The van der Waals surface area contributed by atoms with Crippen LogP contribution in [0.2, 0.25) is 0 Å². The predicted octanol–water partition coefficient (Wildman–Crippen LogP) is 2.36. The second-order valence-corrected chi connectivity index (χ2v) is 6.88. The molecule has 0 heterocycles. The summed E-state index contributed by atoms with van der Waals surface area (Å²) < 4.78 is 39.6. The molecule has 5 nitrogen and oxygen atoms in total. The number of halogens is 1. The standard InChI is InChI=1S/C16H17FN2O3S/c1-11-3-4-12(2)15(9-11)23(21,22)18-10-16(20)19-14-7-5-13(17)6-8-14/h3-9,18H,10H2,1-2H3,(H,19,20). The molecule has 2 N–H and O–H groups in total. The van der Waals surface area contributed by atoms with E-state index in [1.165, 1.54) is 24.3 Å². The van der Waals surface area contributed by atoms with Crippen LogP contribution in [0.15, 0.2) is 47.4 Å². The summed E-state index contributed by atoms with van der Waals surface area (Å²) in [6.45, 7) is 3.07. The summed E-state index contributed by atoms with van der Waals surface area (Å²) in [6.07, 6.45) is 0. The van der Waals surface area contributed by atoms with Crippen molar-refractivity contribution in [2.75, 3.05) is 11.9 Å². The maximum atomic E-state index is 12.8. The van der Waals surface area contributed by atoms with E-state index in [1.54, 1.807) is 26.0 Å². The van der Waals surface area contributed by atoms with Gasteiger partial charge in [0.25, 0.3) is 0 Å². The lowest BCUT2D eigenvalue weighted by Crippen LogP contribution is -2.33. The van der Waals surface area contributed by atoms with Crippen molar-refractivity contribution in [2.24, 2.45) is 0 Å². The molecule has 0 fully saturated rings. The second kappa shape index (κ2) is 6.89. The van der Waals surface area contributed by atoms with Crippen molar-refractivity contribution in [1.82, 2.24) is 4.72 Å². The van der Waals surface area contributed by atoms with Crippen molar-refractivity contribution >= 4 is 21.6 Å². The van der Waals surface area contributed by atoms with Crippen molar-refractivity contribution in [1.29, 1.82) is 0 Å². The molecule has 0 unspecified atom stereocenters. The van der Waals surface area contributed by atoms with Gasteiger partial charge in [-0.1, -0.05) is 12.1 Å². The van der Waals surface area contributed by atoms with E-state index in [0.717, 1.165) is 5.56 Å². The minimum Gasteiger partial charge on any atom is -0.325 e. The van der Waals surface area contributed by atoms with E-state index in [1.807, 2.05) is 6.07 Å². The highest BCUT2D eigenvalue weighted by atomic mass is 32.2. The number of nitrogens with one attached hydrogen (secondary N) is 2. The Balaban J connectivity index is 2.02. The quantitative estimate of drug-likeness (QED) is 0.880. The summed E-state index contributed by atoms with van der Waals surface area (Å²) in [4.78, 5) is 11.9. The Morgan fingerprint density at radius 1 is 1.09 bits per heavy atom. The summed E-state index contributed by atoms with van der Waals surface area (Å²) in [5.41, 5.74) is 1.80. The molecule has 23 heavy (non-hydrogen) atoms. The fraction of sp³-hybridized carbons (Fsp3) is 0.188. The van der Waals surface area contributed by atoms with Gasteiger partial charge in [-0.15, -0.1) is 0 Å². The van der Waals surface area contributed by atoms with Crippen LogP contribution in [-0.4, -0.2) is 20.9 Å². The van der Waals surface area contributed by atoms with Crippen molar-refractivity contribution in [3.8, 4) is 0 Å². The van der Waals surface area contributed by atoms with Crippen LogP contribution < -0.4 is 10.0 Å². The average molecular weight is 336 g/mol. The molecule has 7 heteroatoms. The summed E-state index contributed by atoms with van der Waals surface area (Å²) in [5.74, 6) is -0.955. The number of carbonyl (C=O) groups excluding carboxylic acids is 1. The highest BCUT2D eigenvalue weighted by Gasteiger charge is 2.18. The molecule has 0 saturated carbocycles. The molecular formula is C16H17FN2O3S. The van der Waals surface area contributed by atoms with E-state index >= 15 is 0 Å². The van der Waals surface area contributed by atoms with Crippen molar-refractivity contribution in [3.63, 3.8) is 0 Å². The summed E-state index contributed by atoms with van der Waals surface area (Å²) in [5, 5.41) is 2.49. The largest absolute Gasteiger partial charge is 0.325 e. The van der Waals surface area contributed by atoms with E-state index < -0.39 is 28.3 Å². The normalized spacial score (nSPS) is 11.3. The number of carbonyl (C=O) groups is 1. The van der Waals surface area contributed by atoms with E-state index in [-0.39, 0.29) is 4.90 Å². The lowest BCUT2D eigenvalue weighted by molar-refractivity contribution is -0.115. The Morgan fingerprint density at radius 3 is 2.39 bits per heavy atom. The minimum absolute atomic E-state index is 0.145. The third kappa shape index (κ3) is 4.61. The summed E-state index contributed by atoms with van der Waals surface area (Å²) >= 11 is 0. The molecule has 0 atom stereocenters. The first-order valence-corrected chi connectivity index (χ1v) is 8.38. The zero-order valence-electron chi connectivity index (χ0n) is 12.8. The number of sulfonamides is 1. The molecule has 0 aliphatic rings. The molecule has 0 aromatic heterocycles. The third-order valence-corrected chi connectivity index (χ3v) is 4.73. The number of anilines is 1. The van der Waals surface area contributed by atoms with Crippen LogP contribution in [-0.2, 0) is 14.8 Å². The van der Waals surface area contributed by atoms with Crippen LogP contribution in [0.3, 0.4) is 0 Å².